The molecule has 1 atom stereocenters. The fourth-order valence-electron chi connectivity index (χ4n) is 2.51. The Labute approximate surface area is 111 Å². The van der Waals surface area contributed by atoms with Crippen LogP contribution in [-0.4, -0.2) is 23.0 Å². The van der Waals surface area contributed by atoms with Crippen LogP contribution in [0, 0.1) is 0 Å². The topological polar surface area (TPSA) is 55.6 Å². The van der Waals surface area contributed by atoms with Crippen molar-refractivity contribution in [1.82, 2.24) is 14.7 Å². The number of ether oxygens (including phenoxy) is 1. The summed E-state index contributed by atoms with van der Waals surface area (Å²) in [4.78, 5) is 16.7. The Morgan fingerprint density at radius 2 is 2.32 bits per heavy atom. The predicted molar refractivity (Wildman–Crippen MR) is 72.6 cm³/mol. The Hall–Kier alpha value is -1.88. The first kappa shape index (κ1) is 12.2. The van der Waals surface area contributed by atoms with Gasteiger partial charge in [-0.1, -0.05) is 6.42 Å². The van der Waals surface area contributed by atoms with Crippen molar-refractivity contribution in [2.75, 3.05) is 13.7 Å². The minimum absolute atomic E-state index is 0.0636. The van der Waals surface area contributed by atoms with Crippen LogP contribution in [0.2, 0.25) is 0 Å². The molecule has 0 bridgehead atoms. The minimum Gasteiger partial charge on any atom is -0.495 e. The molecule has 5 heteroatoms. The number of aromatic nitrogens is 2. The first-order valence-corrected chi connectivity index (χ1v) is 6.58. The number of rotatable bonds is 2. The van der Waals surface area contributed by atoms with Gasteiger partial charge in [0.2, 0.25) is 0 Å². The standard InChI is InChI=1S/C14H17N3O2/c1-19-10-5-6-13-16-12(8-14(18)17(13)9-10)11-4-2-3-7-15-11/h5-6,8-9,11,15H,2-4,7H2,1H3. The number of hydrogen-bond acceptors (Lipinski definition) is 4. The average molecular weight is 259 g/mol. The number of nitrogens with one attached hydrogen (secondary N) is 1. The molecule has 0 spiro atoms. The third-order valence-corrected chi connectivity index (χ3v) is 3.56. The van der Waals surface area contributed by atoms with Crippen molar-refractivity contribution in [3.8, 4) is 5.75 Å². The van der Waals surface area contributed by atoms with Crippen LogP contribution in [0.25, 0.3) is 5.65 Å². The zero-order chi connectivity index (χ0) is 13.2. The first-order valence-electron chi connectivity index (χ1n) is 6.58. The van der Waals surface area contributed by atoms with E-state index in [1.807, 2.05) is 12.1 Å². The predicted octanol–water partition coefficient (Wildman–Crippen LogP) is 1.52. The molecule has 0 amide bonds. The molecule has 100 valence electrons. The maximum Gasteiger partial charge on any atom is 0.258 e. The van der Waals surface area contributed by atoms with Crippen LogP contribution in [0.4, 0.5) is 0 Å². The van der Waals surface area contributed by atoms with Crippen LogP contribution in [0.3, 0.4) is 0 Å². The van der Waals surface area contributed by atoms with Gasteiger partial charge >= 0.3 is 0 Å². The van der Waals surface area contributed by atoms with E-state index in [4.69, 9.17) is 4.74 Å². The fraction of sp³-hybridized carbons (Fsp3) is 0.429. The van der Waals surface area contributed by atoms with E-state index in [2.05, 4.69) is 10.3 Å². The van der Waals surface area contributed by atoms with Gasteiger partial charge in [-0.3, -0.25) is 9.20 Å². The Morgan fingerprint density at radius 1 is 1.42 bits per heavy atom. The maximum absolute atomic E-state index is 12.1. The van der Waals surface area contributed by atoms with E-state index in [-0.39, 0.29) is 11.6 Å². The number of piperidine rings is 1. The van der Waals surface area contributed by atoms with Gasteiger partial charge in [0.1, 0.15) is 11.4 Å². The van der Waals surface area contributed by atoms with E-state index in [0.717, 1.165) is 18.7 Å². The zero-order valence-electron chi connectivity index (χ0n) is 10.9. The van der Waals surface area contributed by atoms with Crippen LogP contribution in [0.1, 0.15) is 31.0 Å². The molecule has 3 rings (SSSR count). The minimum atomic E-state index is -0.0636. The molecule has 0 radical (unpaired) electrons. The van der Waals surface area contributed by atoms with E-state index in [9.17, 15) is 4.79 Å². The molecule has 0 aliphatic carbocycles. The van der Waals surface area contributed by atoms with Gasteiger partial charge in [-0.25, -0.2) is 4.98 Å². The summed E-state index contributed by atoms with van der Waals surface area (Å²) in [6, 6.07) is 5.45. The van der Waals surface area contributed by atoms with Crippen LogP contribution < -0.4 is 15.6 Å². The lowest BCUT2D eigenvalue weighted by atomic mass is 10.0. The van der Waals surface area contributed by atoms with Gasteiger partial charge in [0.15, 0.2) is 0 Å². The molecule has 19 heavy (non-hydrogen) atoms. The van der Waals surface area contributed by atoms with E-state index in [1.54, 1.807) is 19.4 Å². The molecule has 1 aliphatic rings. The summed E-state index contributed by atoms with van der Waals surface area (Å²) in [6.07, 6.45) is 5.09. The Balaban J connectivity index is 2.06. The van der Waals surface area contributed by atoms with Crippen molar-refractivity contribution in [2.24, 2.45) is 0 Å². The highest BCUT2D eigenvalue weighted by Gasteiger charge is 2.17. The SMILES string of the molecule is COc1ccc2nc(C3CCCCN3)cc(=O)n2c1. The van der Waals surface area contributed by atoms with Crippen LogP contribution >= 0.6 is 0 Å². The highest BCUT2D eigenvalue weighted by molar-refractivity contribution is 5.42. The second kappa shape index (κ2) is 5.01. The third kappa shape index (κ3) is 2.33. The van der Waals surface area contributed by atoms with Crippen molar-refractivity contribution >= 4 is 5.65 Å². The van der Waals surface area contributed by atoms with Gasteiger partial charge in [-0.05, 0) is 31.5 Å². The number of nitrogens with zero attached hydrogens (tertiary/aromatic N) is 2. The highest BCUT2D eigenvalue weighted by Crippen LogP contribution is 2.21. The van der Waals surface area contributed by atoms with Crippen LogP contribution in [0.5, 0.6) is 5.75 Å². The molecule has 2 aromatic heterocycles. The molecule has 1 unspecified atom stereocenters. The molecule has 1 aliphatic heterocycles. The highest BCUT2D eigenvalue weighted by atomic mass is 16.5. The van der Waals surface area contributed by atoms with Gasteiger partial charge < -0.3 is 10.1 Å². The summed E-state index contributed by atoms with van der Waals surface area (Å²) in [7, 11) is 1.58. The molecule has 1 fully saturated rings. The largest absolute Gasteiger partial charge is 0.495 e. The molecule has 0 aromatic carbocycles. The summed E-state index contributed by atoms with van der Waals surface area (Å²) in [5.41, 5.74) is 1.44. The monoisotopic (exact) mass is 259 g/mol. The van der Waals surface area contributed by atoms with Crippen molar-refractivity contribution in [3.63, 3.8) is 0 Å². The number of pyridine rings is 1. The van der Waals surface area contributed by atoms with Crippen molar-refractivity contribution in [2.45, 2.75) is 25.3 Å². The summed E-state index contributed by atoms with van der Waals surface area (Å²) in [5, 5.41) is 3.41. The van der Waals surface area contributed by atoms with E-state index in [1.165, 1.54) is 17.2 Å². The van der Waals surface area contributed by atoms with E-state index < -0.39 is 0 Å². The van der Waals surface area contributed by atoms with Crippen LogP contribution in [-0.2, 0) is 0 Å². The van der Waals surface area contributed by atoms with Gasteiger partial charge in [0.05, 0.1) is 19.0 Å². The zero-order valence-corrected chi connectivity index (χ0v) is 10.9. The number of methoxy groups -OCH3 is 1. The molecular formula is C14H17N3O2. The second-order valence-corrected chi connectivity index (χ2v) is 4.82. The molecular weight excluding hydrogens is 242 g/mol. The molecule has 0 saturated carbocycles. The van der Waals surface area contributed by atoms with Gasteiger partial charge in [0.25, 0.3) is 5.56 Å². The average Bonchev–Trinajstić information content (AvgIpc) is 2.48. The first-order chi connectivity index (χ1) is 9.28. The third-order valence-electron chi connectivity index (χ3n) is 3.56. The summed E-state index contributed by atoms with van der Waals surface area (Å²) >= 11 is 0. The maximum atomic E-state index is 12.1. The molecule has 1 N–H and O–H groups in total. The summed E-state index contributed by atoms with van der Waals surface area (Å²) in [6.45, 7) is 0.994. The lowest BCUT2D eigenvalue weighted by molar-refractivity contribution is 0.404. The second-order valence-electron chi connectivity index (χ2n) is 4.82. The summed E-state index contributed by atoms with van der Waals surface area (Å²) < 4.78 is 6.64. The van der Waals surface area contributed by atoms with Crippen molar-refractivity contribution in [3.05, 3.63) is 40.4 Å². The van der Waals surface area contributed by atoms with Gasteiger partial charge in [-0.15, -0.1) is 0 Å². The van der Waals surface area contributed by atoms with Crippen LogP contribution in [0.15, 0.2) is 29.2 Å². The Morgan fingerprint density at radius 3 is 3.05 bits per heavy atom. The fourth-order valence-corrected chi connectivity index (χ4v) is 2.51. The normalized spacial score (nSPS) is 19.5. The number of fused-ring (bicyclic) bond motifs is 1. The quantitative estimate of drug-likeness (QED) is 0.888. The lowest BCUT2D eigenvalue weighted by Crippen LogP contribution is -2.29. The van der Waals surface area contributed by atoms with Crippen molar-refractivity contribution < 1.29 is 4.74 Å². The van der Waals surface area contributed by atoms with Gasteiger partial charge in [0, 0.05) is 12.1 Å². The smallest absolute Gasteiger partial charge is 0.258 e. The van der Waals surface area contributed by atoms with E-state index in [0.29, 0.717) is 11.4 Å². The van der Waals surface area contributed by atoms with E-state index >= 15 is 0 Å². The summed E-state index contributed by atoms with van der Waals surface area (Å²) in [5.74, 6) is 0.653. The lowest BCUT2D eigenvalue weighted by Gasteiger charge is -2.22. The number of hydrogen-bond donors (Lipinski definition) is 1. The van der Waals surface area contributed by atoms with Gasteiger partial charge in [-0.2, -0.15) is 0 Å². The Bertz CT molecular complexity index is 645. The Kier molecular flexibility index (Phi) is 3.21. The molecule has 1 saturated heterocycles. The molecule has 3 heterocycles. The molecule has 5 nitrogen and oxygen atoms in total. The van der Waals surface area contributed by atoms with Crippen molar-refractivity contribution in [1.29, 1.82) is 0 Å². The molecule has 2 aromatic rings.